The number of ether oxygens (including phenoxy) is 5. The van der Waals surface area contributed by atoms with Crippen LogP contribution in [0.3, 0.4) is 0 Å². The van der Waals surface area contributed by atoms with Crippen LogP contribution in [0.25, 0.3) is 5.57 Å². The number of ketones is 1. The van der Waals surface area contributed by atoms with Gasteiger partial charge in [-0.25, -0.2) is 9.59 Å². The fourth-order valence-corrected chi connectivity index (χ4v) is 4.09. The third-order valence-corrected chi connectivity index (χ3v) is 5.55. The van der Waals surface area contributed by atoms with Crippen LogP contribution in [0.5, 0.6) is 17.2 Å². The van der Waals surface area contributed by atoms with Crippen molar-refractivity contribution in [1.29, 1.82) is 0 Å². The number of hydrogen-bond donors (Lipinski definition) is 0. The molecular formula is C22H26N2O8. The third kappa shape index (κ3) is 3.41. The van der Waals surface area contributed by atoms with Gasteiger partial charge in [0.1, 0.15) is 24.1 Å². The topological polar surface area (TPSA) is 104 Å². The minimum atomic E-state index is -0.833. The predicted octanol–water partition coefficient (Wildman–Crippen LogP) is 2.56. The molecule has 0 bridgehead atoms. The summed E-state index contributed by atoms with van der Waals surface area (Å²) >= 11 is 0. The van der Waals surface area contributed by atoms with E-state index in [9.17, 15) is 14.4 Å². The molecule has 3 rings (SSSR count). The first-order valence-electron chi connectivity index (χ1n) is 9.76. The molecule has 1 aromatic carbocycles. The highest BCUT2D eigenvalue weighted by Crippen LogP contribution is 2.53. The van der Waals surface area contributed by atoms with Crippen LogP contribution in [0.2, 0.25) is 0 Å². The largest absolute Gasteiger partial charge is 0.494 e. The second-order valence-corrected chi connectivity index (χ2v) is 7.16. The van der Waals surface area contributed by atoms with Crippen molar-refractivity contribution in [3.8, 4) is 17.2 Å². The molecule has 2 atom stereocenters. The average molecular weight is 446 g/mol. The Morgan fingerprint density at radius 2 is 1.69 bits per heavy atom. The molecule has 1 saturated heterocycles. The van der Waals surface area contributed by atoms with Crippen molar-refractivity contribution >= 4 is 29.2 Å². The summed E-state index contributed by atoms with van der Waals surface area (Å²) in [4.78, 5) is 41.2. The highest BCUT2D eigenvalue weighted by molar-refractivity contribution is 6.28. The van der Waals surface area contributed by atoms with E-state index in [0.29, 0.717) is 11.3 Å². The van der Waals surface area contributed by atoms with Gasteiger partial charge in [0, 0.05) is 11.1 Å². The summed E-state index contributed by atoms with van der Waals surface area (Å²) in [5.74, 6) is 0.427. The van der Waals surface area contributed by atoms with Crippen molar-refractivity contribution in [2.45, 2.75) is 19.0 Å². The van der Waals surface area contributed by atoms with Gasteiger partial charge < -0.3 is 23.7 Å². The van der Waals surface area contributed by atoms with E-state index in [-0.39, 0.29) is 41.5 Å². The Morgan fingerprint density at radius 1 is 1.06 bits per heavy atom. The number of nitrogens with zero attached hydrogens (tertiary/aromatic N) is 2. The number of fused-ring (bicyclic) bond motifs is 2. The Morgan fingerprint density at radius 3 is 2.22 bits per heavy atom. The number of benzene rings is 1. The average Bonchev–Trinajstić information content (AvgIpc) is 3.51. The summed E-state index contributed by atoms with van der Waals surface area (Å²) in [5, 5.41) is 0. The summed E-state index contributed by atoms with van der Waals surface area (Å²) in [6, 6.07) is -1.45. The minimum Gasteiger partial charge on any atom is -0.494 e. The third-order valence-electron chi connectivity index (χ3n) is 5.55. The summed E-state index contributed by atoms with van der Waals surface area (Å²) in [5.41, 5.74) is 1.05. The zero-order chi connectivity index (χ0) is 23.7. The van der Waals surface area contributed by atoms with Crippen molar-refractivity contribution in [1.82, 2.24) is 4.90 Å². The van der Waals surface area contributed by atoms with Crippen molar-refractivity contribution < 1.29 is 38.1 Å². The van der Waals surface area contributed by atoms with Gasteiger partial charge in [-0.3, -0.25) is 14.6 Å². The van der Waals surface area contributed by atoms with Gasteiger partial charge in [0.15, 0.2) is 17.3 Å². The minimum absolute atomic E-state index is 0.0338. The summed E-state index contributed by atoms with van der Waals surface area (Å²) in [6.07, 6.45) is 0.0381. The van der Waals surface area contributed by atoms with E-state index in [1.165, 1.54) is 44.3 Å². The molecule has 2 aliphatic heterocycles. The number of amides is 2. The predicted molar refractivity (Wildman–Crippen MR) is 116 cm³/mol. The molecule has 0 N–H and O–H groups in total. The number of carbonyl (C=O) groups excluding carboxylic acids is 3. The summed E-state index contributed by atoms with van der Waals surface area (Å²) < 4.78 is 26.8. The second-order valence-electron chi connectivity index (χ2n) is 7.16. The molecule has 10 heteroatoms. The maximum absolute atomic E-state index is 13.3. The molecule has 0 aromatic heterocycles. The Bertz CT molecular complexity index is 1000. The number of carbonyl (C=O) groups is 3. The molecule has 10 nitrogen and oxygen atoms in total. The molecule has 0 spiro atoms. The van der Waals surface area contributed by atoms with E-state index in [2.05, 4.69) is 13.2 Å². The lowest BCUT2D eigenvalue weighted by atomic mass is 9.92. The smallest absolute Gasteiger partial charge is 0.414 e. The maximum Gasteiger partial charge on any atom is 0.414 e. The summed E-state index contributed by atoms with van der Waals surface area (Å²) in [7, 11) is 5.53. The highest BCUT2D eigenvalue weighted by atomic mass is 16.6. The van der Waals surface area contributed by atoms with Crippen molar-refractivity contribution in [2.75, 3.05) is 46.5 Å². The molecule has 0 unspecified atom stereocenters. The highest BCUT2D eigenvalue weighted by Gasteiger charge is 2.59. The molecule has 0 saturated carbocycles. The second kappa shape index (κ2) is 8.81. The molecule has 2 amide bonds. The normalized spacial score (nSPS) is 19.2. The van der Waals surface area contributed by atoms with Crippen LogP contribution in [0, 0.1) is 6.92 Å². The summed E-state index contributed by atoms with van der Waals surface area (Å²) in [6.45, 7) is 9.19. The van der Waals surface area contributed by atoms with Crippen LogP contribution in [-0.2, 0) is 14.3 Å². The van der Waals surface area contributed by atoms with E-state index in [1.807, 2.05) is 0 Å². The first-order valence-corrected chi connectivity index (χ1v) is 9.76. The maximum atomic E-state index is 13.3. The van der Waals surface area contributed by atoms with E-state index in [1.54, 1.807) is 6.92 Å². The van der Waals surface area contributed by atoms with Gasteiger partial charge in [0.2, 0.25) is 0 Å². The number of rotatable bonds is 5. The Kier molecular flexibility index (Phi) is 6.33. The van der Waals surface area contributed by atoms with E-state index < -0.39 is 30.1 Å². The van der Waals surface area contributed by atoms with Crippen molar-refractivity contribution in [3.05, 3.63) is 30.4 Å². The molecule has 0 radical (unpaired) electrons. The SMILES string of the molecule is C=CCOC(=O)N1C[C@H]2[C@@H](C(=O)C(=C)c3c(OC)c(OC)c(C)c(OC)c31)N2C(=O)OC. The van der Waals surface area contributed by atoms with Gasteiger partial charge in [-0.15, -0.1) is 0 Å². The first kappa shape index (κ1) is 23.0. The Balaban J connectivity index is 2.31. The van der Waals surface area contributed by atoms with Gasteiger partial charge >= 0.3 is 12.2 Å². The standard InChI is InChI=1S/C22H26N2O8/c1-8-9-32-21(26)23-10-13-15(24(13)22(27)31-7)17(25)11(2)14-16(23)18(28-4)12(3)19(29-5)20(14)30-6/h8,13,15H,1-2,9-10H2,3-7H3/t13-,15-,24?/m0/s1. The quantitative estimate of drug-likeness (QED) is 0.386. The lowest BCUT2D eigenvalue weighted by molar-refractivity contribution is -0.114. The lowest BCUT2D eigenvalue weighted by Gasteiger charge is -2.30. The number of methoxy groups -OCH3 is 4. The van der Waals surface area contributed by atoms with Gasteiger partial charge in [-0.2, -0.15) is 0 Å². The van der Waals surface area contributed by atoms with E-state index in [0.717, 1.165) is 0 Å². The van der Waals surface area contributed by atoms with Crippen molar-refractivity contribution in [3.63, 3.8) is 0 Å². The molecule has 2 heterocycles. The van der Waals surface area contributed by atoms with E-state index >= 15 is 0 Å². The molecule has 32 heavy (non-hydrogen) atoms. The monoisotopic (exact) mass is 446 g/mol. The Labute approximate surface area is 185 Å². The molecule has 1 fully saturated rings. The van der Waals surface area contributed by atoms with Gasteiger partial charge in [-0.1, -0.05) is 19.2 Å². The van der Waals surface area contributed by atoms with Crippen LogP contribution >= 0.6 is 0 Å². The molecule has 1 aromatic rings. The van der Waals surface area contributed by atoms with Crippen LogP contribution < -0.4 is 19.1 Å². The number of anilines is 1. The number of Topliss-reactive ketones (excluding diaryl/α,β-unsaturated/α-hetero) is 1. The molecule has 2 aliphatic rings. The van der Waals surface area contributed by atoms with Crippen LogP contribution in [0.4, 0.5) is 15.3 Å². The molecular weight excluding hydrogens is 420 g/mol. The fourth-order valence-electron chi connectivity index (χ4n) is 4.09. The fraction of sp³-hybridized carbons (Fsp3) is 0.409. The Hall–Kier alpha value is -3.69. The van der Waals surface area contributed by atoms with Crippen LogP contribution in [0.15, 0.2) is 19.2 Å². The lowest BCUT2D eigenvalue weighted by Crippen LogP contribution is -2.39. The van der Waals surface area contributed by atoms with Crippen LogP contribution in [0.1, 0.15) is 11.1 Å². The molecule has 172 valence electrons. The molecule has 0 aliphatic carbocycles. The zero-order valence-corrected chi connectivity index (χ0v) is 18.7. The van der Waals surface area contributed by atoms with Crippen molar-refractivity contribution in [2.24, 2.45) is 0 Å². The van der Waals surface area contributed by atoms with Gasteiger partial charge in [-0.05, 0) is 6.92 Å². The van der Waals surface area contributed by atoms with Gasteiger partial charge in [0.05, 0.1) is 46.6 Å². The van der Waals surface area contributed by atoms with E-state index in [4.69, 9.17) is 23.7 Å². The van der Waals surface area contributed by atoms with Gasteiger partial charge in [0.25, 0.3) is 0 Å². The van der Waals surface area contributed by atoms with Crippen LogP contribution in [-0.4, -0.2) is 76.5 Å². The first-order chi connectivity index (χ1) is 15.3. The number of hydrogen-bond acceptors (Lipinski definition) is 8. The zero-order valence-electron chi connectivity index (χ0n) is 18.7.